The third kappa shape index (κ3) is 5.46. The van der Waals surface area contributed by atoms with Crippen molar-refractivity contribution in [2.24, 2.45) is 11.8 Å². The lowest BCUT2D eigenvalue weighted by molar-refractivity contribution is -0.133. The summed E-state index contributed by atoms with van der Waals surface area (Å²) >= 11 is 0. The SMILES string of the molecule is CCCCCC1CC(O)C2C=CC(C)(CCC=C(C)C)OC2C1. The predicted molar refractivity (Wildman–Crippen MR) is 97.4 cm³/mol. The first-order valence-electron chi connectivity index (χ1n) is 9.62. The summed E-state index contributed by atoms with van der Waals surface area (Å²) in [5.41, 5.74) is 1.20. The van der Waals surface area contributed by atoms with Crippen LogP contribution in [-0.4, -0.2) is 22.9 Å². The lowest BCUT2D eigenvalue weighted by Gasteiger charge is -2.45. The Labute approximate surface area is 143 Å². The normalized spacial score (nSPS) is 36.6. The van der Waals surface area contributed by atoms with Crippen molar-refractivity contribution >= 4 is 0 Å². The van der Waals surface area contributed by atoms with Gasteiger partial charge in [0, 0.05) is 5.92 Å². The minimum absolute atomic E-state index is 0.169. The quantitative estimate of drug-likeness (QED) is 0.502. The largest absolute Gasteiger partial charge is 0.392 e. The van der Waals surface area contributed by atoms with Crippen molar-refractivity contribution in [2.75, 3.05) is 0 Å². The van der Waals surface area contributed by atoms with E-state index in [1.807, 2.05) is 0 Å². The summed E-state index contributed by atoms with van der Waals surface area (Å²) in [4.78, 5) is 0. The molecule has 0 spiro atoms. The monoisotopic (exact) mass is 320 g/mol. The van der Waals surface area contributed by atoms with Gasteiger partial charge in [-0.3, -0.25) is 0 Å². The fraction of sp³-hybridized carbons (Fsp3) is 0.810. The van der Waals surface area contributed by atoms with Crippen molar-refractivity contribution in [1.29, 1.82) is 0 Å². The number of ether oxygens (including phenoxy) is 1. The Morgan fingerprint density at radius 1 is 1.30 bits per heavy atom. The number of aliphatic hydroxyl groups excluding tert-OH is 1. The van der Waals surface area contributed by atoms with Crippen LogP contribution < -0.4 is 0 Å². The number of fused-ring (bicyclic) bond motifs is 1. The fourth-order valence-corrected chi connectivity index (χ4v) is 4.12. The maximum atomic E-state index is 10.5. The molecule has 1 N–H and O–H groups in total. The molecule has 0 aromatic rings. The zero-order chi connectivity index (χ0) is 16.9. The molecule has 0 bridgehead atoms. The average Bonchev–Trinajstić information content (AvgIpc) is 2.46. The molecular weight excluding hydrogens is 284 g/mol. The van der Waals surface area contributed by atoms with Crippen molar-refractivity contribution in [1.82, 2.24) is 0 Å². The number of unbranched alkanes of at least 4 members (excludes halogenated alkanes) is 2. The van der Waals surface area contributed by atoms with Crippen LogP contribution in [0.1, 0.15) is 79.1 Å². The van der Waals surface area contributed by atoms with E-state index in [4.69, 9.17) is 4.74 Å². The van der Waals surface area contributed by atoms with E-state index in [-0.39, 0.29) is 23.7 Å². The standard InChI is InChI=1S/C21H36O2/c1-5-6-7-10-17-14-19(22)18-11-13-21(4,23-20(18)15-17)12-8-9-16(2)3/h9,11,13,17-20,22H,5-8,10,12,14-15H2,1-4H3. The van der Waals surface area contributed by atoms with Crippen LogP contribution in [0.5, 0.6) is 0 Å². The Bertz CT molecular complexity index is 422. The minimum Gasteiger partial charge on any atom is -0.392 e. The van der Waals surface area contributed by atoms with Gasteiger partial charge in [-0.25, -0.2) is 0 Å². The zero-order valence-corrected chi connectivity index (χ0v) is 15.6. The van der Waals surface area contributed by atoms with E-state index < -0.39 is 0 Å². The minimum atomic E-state index is -0.223. The number of aliphatic hydroxyl groups is 1. The highest BCUT2D eigenvalue weighted by Crippen LogP contribution is 2.41. The molecule has 2 nitrogen and oxygen atoms in total. The van der Waals surface area contributed by atoms with Crippen LogP contribution in [0.2, 0.25) is 0 Å². The van der Waals surface area contributed by atoms with Gasteiger partial charge >= 0.3 is 0 Å². The van der Waals surface area contributed by atoms with E-state index in [9.17, 15) is 5.11 Å². The maximum absolute atomic E-state index is 10.5. The van der Waals surface area contributed by atoms with E-state index in [1.54, 1.807) is 0 Å². The van der Waals surface area contributed by atoms with Crippen LogP contribution in [0.15, 0.2) is 23.8 Å². The van der Waals surface area contributed by atoms with Crippen LogP contribution in [0.25, 0.3) is 0 Å². The number of rotatable bonds is 7. The molecule has 1 aliphatic heterocycles. The van der Waals surface area contributed by atoms with Gasteiger partial charge in [-0.2, -0.15) is 0 Å². The Hall–Kier alpha value is -0.600. The highest BCUT2D eigenvalue weighted by molar-refractivity contribution is 5.12. The van der Waals surface area contributed by atoms with Crippen molar-refractivity contribution in [3.05, 3.63) is 23.8 Å². The molecule has 1 heterocycles. The van der Waals surface area contributed by atoms with Gasteiger partial charge in [-0.1, -0.05) is 56.4 Å². The molecule has 1 aliphatic carbocycles. The molecule has 1 fully saturated rings. The molecule has 1 saturated carbocycles. The molecule has 0 aromatic carbocycles. The average molecular weight is 321 g/mol. The predicted octanol–water partition coefficient (Wildman–Crippen LogP) is 5.41. The van der Waals surface area contributed by atoms with Gasteiger partial charge in [0.05, 0.1) is 17.8 Å². The van der Waals surface area contributed by atoms with Gasteiger partial charge in [0.2, 0.25) is 0 Å². The highest BCUT2D eigenvalue weighted by Gasteiger charge is 2.42. The summed E-state index contributed by atoms with van der Waals surface area (Å²) < 4.78 is 6.49. The first-order valence-corrected chi connectivity index (χ1v) is 9.62. The third-order valence-electron chi connectivity index (χ3n) is 5.51. The lowest BCUT2D eigenvalue weighted by atomic mass is 9.73. The molecule has 5 atom stereocenters. The summed E-state index contributed by atoms with van der Waals surface area (Å²) in [6, 6.07) is 0. The van der Waals surface area contributed by atoms with Crippen LogP contribution in [-0.2, 0) is 4.74 Å². The van der Waals surface area contributed by atoms with Crippen molar-refractivity contribution in [3.8, 4) is 0 Å². The van der Waals surface area contributed by atoms with E-state index in [1.165, 1.54) is 31.3 Å². The molecule has 2 aliphatic rings. The molecule has 2 heteroatoms. The Morgan fingerprint density at radius 2 is 2.09 bits per heavy atom. The highest BCUT2D eigenvalue weighted by atomic mass is 16.5. The van der Waals surface area contributed by atoms with Gasteiger partial charge in [-0.05, 0) is 52.4 Å². The molecular formula is C21H36O2. The fourth-order valence-electron chi connectivity index (χ4n) is 4.12. The van der Waals surface area contributed by atoms with Crippen molar-refractivity contribution in [3.63, 3.8) is 0 Å². The molecule has 0 radical (unpaired) electrons. The summed E-state index contributed by atoms with van der Waals surface area (Å²) in [7, 11) is 0. The van der Waals surface area contributed by atoms with Gasteiger partial charge in [0.25, 0.3) is 0 Å². The number of hydrogen-bond donors (Lipinski definition) is 1. The molecule has 0 aromatic heterocycles. The van der Waals surface area contributed by atoms with Crippen LogP contribution in [0.4, 0.5) is 0 Å². The zero-order valence-electron chi connectivity index (χ0n) is 15.6. The maximum Gasteiger partial charge on any atom is 0.0841 e. The van der Waals surface area contributed by atoms with E-state index in [0.29, 0.717) is 5.92 Å². The second-order valence-electron chi connectivity index (χ2n) is 8.13. The Morgan fingerprint density at radius 3 is 2.78 bits per heavy atom. The van der Waals surface area contributed by atoms with Crippen LogP contribution in [0, 0.1) is 11.8 Å². The lowest BCUT2D eigenvalue weighted by Crippen LogP contribution is -2.47. The summed E-state index contributed by atoms with van der Waals surface area (Å²) in [5.74, 6) is 0.834. The van der Waals surface area contributed by atoms with Crippen molar-refractivity contribution < 1.29 is 9.84 Å². The molecule has 5 unspecified atom stereocenters. The summed E-state index contributed by atoms with van der Waals surface area (Å²) in [6.45, 7) is 8.74. The Kier molecular flexibility index (Phi) is 6.91. The third-order valence-corrected chi connectivity index (χ3v) is 5.51. The van der Waals surface area contributed by atoms with Crippen LogP contribution in [0.3, 0.4) is 0 Å². The van der Waals surface area contributed by atoms with Crippen molar-refractivity contribution in [2.45, 2.75) is 96.9 Å². The van der Waals surface area contributed by atoms with Gasteiger partial charge < -0.3 is 9.84 Å². The number of allylic oxidation sites excluding steroid dienone is 2. The summed E-state index contributed by atoms with van der Waals surface area (Å²) in [6.07, 6.45) is 16.0. The molecule has 132 valence electrons. The topological polar surface area (TPSA) is 29.5 Å². The van der Waals surface area contributed by atoms with E-state index in [0.717, 1.165) is 25.7 Å². The first-order chi connectivity index (χ1) is 10.9. The first kappa shape index (κ1) is 18.7. The van der Waals surface area contributed by atoms with Crippen LogP contribution >= 0.6 is 0 Å². The molecule has 0 amide bonds. The molecule has 0 saturated heterocycles. The second-order valence-corrected chi connectivity index (χ2v) is 8.13. The number of hydrogen-bond acceptors (Lipinski definition) is 2. The smallest absolute Gasteiger partial charge is 0.0841 e. The molecule has 23 heavy (non-hydrogen) atoms. The molecule has 2 rings (SSSR count). The van der Waals surface area contributed by atoms with Gasteiger partial charge in [-0.15, -0.1) is 0 Å². The second kappa shape index (κ2) is 8.48. The summed E-state index contributed by atoms with van der Waals surface area (Å²) in [5, 5.41) is 10.5. The van der Waals surface area contributed by atoms with Gasteiger partial charge in [0.1, 0.15) is 0 Å². The van der Waals surface area contributed by atoms with Gasteiger partial charge in [0.15, 0.2) is 0 Å². The van der Waals surface area contributed by atoms with E-state index in [2.05, 4.69) is 45.9 Å². The Balaban J connectivity index is 1.94. The van der Waals surface area contributed by atoms with E-state index >= 15 is 0 Å².